The van der Waals surface area contributed by atoms with Crippen molar-refractivity contribution in [3.63, 3.8) is 0 Å². The number of hydrogen-bond donors (Lipinski definition) is 0. The molecule has 0 unspecified atom stereocenters. The molecule has 0 N–H and O–H groups in total. The monoisotopic (exact) mass is 814 g/mol. The molecular formula is C64H46. The van der Waals surface area contributed by atoms with E-state index >= 15 is 0 Å². The molecule has 0 heterocycles. The minimum Gasteiger partial charge on any atom is -0.0622 e. The highest BCUT2D eigenvalue weighted by molar-refractivity contribution is 5.95. The summed E-state index contributed by atoms with van der Waals surface area (Å²) in [6.07, 6.45) is 4.59. The first kappa shape index (κ1) is 39.8. The molecule has 64 heavy (non-hydrogen) atoms. The van der Waals surface area contributed by atoms with Crippen LogP contribution in [0.25, 0.3) is 78.9 Å². The molecule has 10 aromatic carbocycles. The summed E-state index contributed by atoms with van der Waals surface area (Å²) in [5, 5.41) is 0. The Balaban J connectivity index is 1.01. The quantitative estimate of drug-likeness (QED) is 0.114. The van der Waals surface area contributed by atoms with Crippen molar-refractivity contribution in [3.05, 3.63) is 300 Å². The Hall–Kier alpha value is -8.32. The summed E-state index contributed by atoms with van der Waals surface area (Å²) >= 11 is 0. The Morgan fingerprint density at radius 2 is 0.453 bits per heavy atom. The first-order chi connectivity index (χ1) is 31.7. The van der Waals surface area contributed by atoms with Crippen molar-refractivity contribution < 1.29 is 0 Å². The van der Waals surface area contributed by atoms with Gasteiger partial charge in [-0.15, -0.1) is 0 Å². The molecule has 0 aliphatic heterocycles. The van der Waals surface area contributed by atoms with Crippen LogP contribution in [0.3, 0.4) is 0 Å². The first-order valence-corrected chi connectivity index (χ1v) is 22.0. The minimum absolute atomic E-state index is 1.16. The summed E-state index contributed by atoms with van der Waals surface area (Å²) < 4.78 is 0. The molecule has 0 radical (unpaired) electrons. The summed E-state index contributed by atoms with van der Waals surface area (Å²) in [6.45, 7) is 0. The number of rotatable bonds is 11. The van der Waals surface area contributed by atoms with Crippen molar-refractivity contribution in [2.75, 3.05) is 0 Å². The maximum atomic E-state index is 2.36. The Kier molecular flexibility index (Phi) is 11.7. The molecule has 0 saturated carbocycles. The smallest absolute Gasteiger partial charge is 0.00992 e. The fourth-order valence-electron chi connectivity index (χ4n) is 8.65. The van der Waals surface area contributed by atoms with Crippen LogP contribution in [-0.2, 0) is 0 Å². The van der Waals surface area contributed by atoms with Gasteiger partial charge in [0, 0.05) is 0 Å². The topological polar surface area (TPSA) is 0 Å². The van der Waals surface area contributed by atoms with Gasteiger partial charge >= 0.3 is 0 Å². The fourth-order valence-corrected chi connectivity index (χ4v) is 8.65. The molecule has 0 saturated heterocycles. The normalized spacial score (nSPS) is 10.8. The van der Waals surface area contributed by atoms with Crippen molar-refractivity contribution in [2.45, 2.75) is 0 Å². The largest absolute Gasteiger partial charge is 0.0622 e. The molecule has 0 nitrogen and oxygen atoms in total. The van der Waals surface area contributed by atoms with Gasteiger partial charge in [-0.3, -0.25) is 0 Å². The molecule has 0 bridgehead atoms. The van der Waals surface area contributed by atoms with E-state index < -0.39 is 0 Å². The Bertz CT molecular complexity index is 2860. The van der Waals surface area contributed by atoms with Crippen LogP contribution in [0.5, 0.6) is 0 Å². The Morgan fingerprint density at radius 1 is 0.203 bits per heavy atom. The molecule has 10 rings (SSSR count). The lowest BCUT2D eigenvalue weighted by atomic mass is 9.88. The van der Waals surface area contributed by atoms with E-state index in [-0.39, 0.29) is 0 Å². The van der Waals surface area contributed by atoms with Gasteiger partial charge in [-0.25, -0.2) is 0 Å². The van der Waals surface area contributed by atoms with E-state index in [1.165, 1.54) is 89.0 Å². The van der Waals surface area contributed by atoms with Crippen LogP contribution in [0, 0.1) is 0 Å². The van der Waals surface area contributed by atoms with E-state index in [1.54, 1.807) is 0 Å². The molecular weight excluding hydrogens is 769 g/mol. The predicted molar refractivity (Wildman–Crippen MR) is 273 cm³/mol. The summed E-state index contributed by atoms with van der Waals surface area (Å²) in [7, 11) is 0. The zero-order valence-corrected chi connectivity index (χ0v) is 35.6. The lowest BCUT2D eigenvalue weighted by Gasteiger charge is -2.16. The molecule has 0 aliphatic rings. The average molecular weight is 815 g/mol. The number of benzene rings is 10. The molecule has 10 aromatic rings. The van der Waals surface area contributed by atoms with Crippen LogP contribution in [0.2, 0.25) is 0 Å². The molecule has 0 spiro atoms. The van der Waals surface area contributed by atoms with Gasteiger partial charge in [0.25, 0.3) is 0 Å². The summed E-state index contributed by atoms with van der Waals surface area (Å²) in [5.41, 5.74) is 21.4. The molecule has 0 amide bonds. The Morgan fingerprint density at radius 3 is 0.750 bits per heavy atom. The van der Waals surface area contributed by atoms with Gasteiger partial charge in [0.1, 0.15) is 0 Å². The van der Waals surface area contributed by atoms with Gasteiger partial charge in [0.15, 0.2) is 0 Å². The predicted octanol–water partition coefficient (Wildman–Crippen LogP) is 17.2. The van der Waals surface area contributed by atoms with Crippen LogP contribution >= 0.6 is 0 Å². The van der Waals surface area contributed by atoms with Crippen molar-refractivity contribution in [2.24, 2.45) is 0 Å². The maximum Gasteiger partial charge on any atom is -0.00992 e. The van der Waals surface area contributed by atoms with Gasteiger partial charge < -0.3 is 0 Å². The van der Waals surface area contributed by atoms with E-state index in [1.807, 2.05) is 0 Å². The van der Waals surface area contributed by atoms with Gasteiger partial charge in [0.2, 0.25) is 0 Å². The van der Waals surface area contributed by atoms with Gasteiger partial charge in [0.05, 0.1) is 0 Å². The zero-order chi connectivity index (χ0) is 42.9. The number of hydrogen-bond acceptors (Lipinski definition) is 0. The van der Waals surface area contributed by atoms with Crippen molar-refractivity contribution >= 4 is 23.3 Å². The highest BCUT2D eigenvalue weighted by Crippen LogP contribution is 2.40. The van der Waals surface area contributed by atoms with Crippen LogP contribution in [-0.4, -0.2) is 0 Å². The summed E-state index contributed by atoms with van der Waals surface area (Å²) in [6, 6.07) is 96.0. The average Bonchev–Trinajstić information content (AvgIpc) is 3.39. The lowest BCUT2D eigenvalue weighted by molar-refractivity contribution is 1.53. The van der Waals surface area contributed by atoms with Crippen molar-refractivity contribution in [1.82, 2.24) is 0 Å². The van der Waals surface area contributed by atoms with Crippen molar-refractivity contribution in [3.8, 4) is 55.6 Å². The SMILES string of the molecule is C(=C(c1ccccc1)c1ccccc1)c1ccc(-c2ccc(-c3ccc(-c4ccc(C=C(c5ccccc5)c5ccccc5)cc4)c(-c4ccccc4)c3)cc2-c2ccccc2)cc1. The third kappa shape index (κ3) is 8.86. The second-order valence-corrected chi connectivity index (χ2v) is 16.1. The van der Waals surface area contributed by atoms with E-state index in [2.05, 4.69) is 279 Å². The van der Waals surface area contributed by atoms with Gasteiger partial charge in [-0.1, -0.05) is 255 Å². The van der Waals surface area contributed by atoms with Crippen molar-refractivity contribution in [1.29, 1.82) is 0 Å². The summed E-state index contributed by atoms with van der Waals surface area (Å²) in [4.78, 5) is 0. The standard InChI is InChI=1S/C64H46/c1-7-19-49(20-8-1)61(50-21-9-2-10-22-50)43-47-31-35-55(36-32-47)59-41-39-57(45-63(59)53-27-15-5-16-28-53)58-40-42-60(64(46-58)54-29-17-6-18-30-54)56-37-33-48(34-38-56)44-62(51-23-11-3-12-24-51)52-25-13-4-14-26-52/h1-46H. The van der Waals surface area contributed by atoms with Crippen LogP contribution in [0.15, 0.2) is 267 Å². The van der Waals surface area contributed by atoms with E-state index in [0.717, 1.165) is 11.1 Å². The first-order valence-electron chi connectivity index (χ1n) is 22.0. The highest BCUT2D eigenvalue weighted by atomic mass is 14.2. The second kappa shape index (κ2) is 18.7. The van der Waals surface area contributed by atoms with E-state index in [9.17, 15) is 0 Å². The highest BCUT2D eigenvalue weighted by Gasteiger charge is 2.15. The Labute approximate surface area is 377 Å². The zero-order valence-electron chi connectivity index (χ0n) is 35.6. The van der Waals surface area contributed by atoms with E-state index in [4.69, 9.17) is 0 Å². The van der Waals surface area contributed by atoms with E-state index in [0.29, 0.717) is 0 Å². The molecule has 0 aromatic heterocycles. The molecule has 0 heteroatoms. The van der Waals surface area contributed by atoms with Gasteiger partial charge in [-0.2, -0.15) is 0 Å². The maximum absolute atomic E-state index is 2.36. The third-order valence-corrected chi connectivity index (χ3v) is 11.9. The molecule has 0 fully saturated rings. The summed E-state index contributed by atoms with van der Waals surface area (Å²) in [5.74, 6) is 0. The molecule has 0 atom stereocenters. The molecule has 0 aliphatic carbocycles. The third-order valence-electron chi connectivity index (χ3n) is 11.9. The second-order valence-electron chi connectivity index (χ2n) is 16.1. The van der Waals surface area contributed by atoms with Crippen LogP contribution in [0.1, 0.15) is 33.4 Å². The van der Waals surface area contributed by atoms with Gasteiger partial charge in [-0.05, 0) is 124 Å². The minimum atomic E-state index is 1.16. The fraction of sp³-hybridized carbons (Fsp3) is 0. The molecule has 302 valence electrons. The van der Waals surface area contributed by atoms with Crippen LogP contribution in [0.4, 0.5) is 0 Å². The van der Waals surface area contributed by atoms with Crippen LogP contribution < -0.4 is 0 Å². The lowest BCUT2D eigenvalue weighted by Crippen LogP contribution is -1.91.